The van der Waals surface area contributed by atoms with E-state index in [1.807, 2.05) is 18.2 Å². The smallest absolute Gasteiger partial charge is 0.152 e. The molecule has 0 bridgehead atoms. The molecule has 0 aromatic heterocycles. The van der Waals surface area contributed by atoms with Crippen LogP contribution in [-0.4, -0.2) is 50.5 Å². The molecule has 0 amide bonds. The Morgan fingerprint density at radius 3 is 2.42 bits per heavy atom. The monoisotopic (exact) mass is 282 g/mol. The van der Waals surface area contributed by atoms with Crippen molar-refractivity contribution in [2.45, 2.75) is 18.9 Å². The van der Waals surface area contributed by atoms with E-state index in [9.17, 15) is 8.42 Å². The first kappa shape index (κ1) is 14.5. The van der Waals surface area contributed by atoms with Gasteiger partial charge in [0, 0.05) is 25.7 Å². The summed E-state index contributed by atoms with van der Waals surface area (Å²) in [6.45, 7) is 2.05. The molecule has 1 saturated heterocycles. The summed E-state index contributed by atoms with van der Waals surface area (Å²) in [6.07, 6.45) is 1.92. The van der Waals surface area contributed by atoms with Crippen LogP contribution in [-0.2, 0) is 16.3 Å². The molecule has 106 valence electrons. The van der Waals surface area contributed by atoms with Crippen molar-refractivity contribution in [1.82, 2.24) is 4.90 Å². The fraction of sp³-hybridized carbons (Fsp3) is 0.571. The number of nitrogens with two attached hydrogens (primary N) is 1. The average Bonchev–Trinajstić information content (AvgIpc) is 2.40. The van der Waals surface area contributed by atoms with Gasteiger partial charge in [0.15, 0.2) is 9.84 Å². The Kier molecular flexibility index (Phi) is 4.96. The van der Waals surface area contributed by atoms with Gasteiger partial charge in [0.2, 0.25) is 0 Å². The van der Waals surface area contributed by atoms with E-state index in [2.05, 4.69) is 17.0 Å². The third-order valence-corrected chi connectivity index (χ3v) is 5.19. The lowest BCUT2D eigenvalue weighted by Gasteiger charge is -2.28. The third-order valence-electron chi connectivity index (χ3n) is 3.58. The Morgan fingerprint density at radius 1 is 1.16 bits per heavy atom. The van der Waals surface area contributed by atoms with E-state index >= 15 is 0 Å². The van der Waals surface area contributed by atoms with Crippen LogP contribution in [0.25, 0.3) is 0 Å². The third kappa shape index (κ3) is 4.93. The Labute approximate surface area is 115 Å². The zero-order chi connectivity index (χ0) is 13.7. The number of hydrogen-bond donors (Lipinski definition) is 1. The molecule has 1 aliphatic rings. The normalized spacial score (nSPS) is 21.1. The summed E-state index contributed by atoms with van der Waals surface area (Å²) in [7, 11) is -2.79. The second-order valence-electron chi connectivity index (χ2n) is 5.24. The molecule has 2 N–H and O–H groups in total. The molecule has 0 radical (unpaired) electrons. The largest absolute Gasteiger partial charge is 0.327 e. The van der Waals surface area contributed by atoms with Crippen LogP contribution >= 0.6 is 0 Å². The van der Waals surface area contributed by atoms with Gasteiger partial charge in [-0.3, -0.25) is 4.90 Å². The Hall–Kier alpha value is -0.910. The van der Waals surface area contributed by atoms with E-state index in [1.165, 1.54) is 5.56 Å². The first-order valence-electron chi connectivity index (χ1n) is 6.77. The summed E-state index contributed by atoms with van der Waals surface area (Å²) in [5.41, 5.74) is 7.43. The molecule has 0 aliphatic carbocycles. The second kappa shape index (κ2) is 6.50. The Balaban J connectivity index is 1.72. The van der Waals surface area contributed by atoms with Crippen LogP contribution in [0.15, 0.2) is 30.3 Å². The van der Waals surface area contributed by atoms with Gasteiger partial charge in [0.05, 0.1) is 11.5 Å². The lowest BCUT2D eigenvalue weighted by molar-refractivity contribution is 0.271. The molecule has 2 rings (SSSR count). The quantitative estimate of drug-likeness (QED) is 0.862. The van der Waals surface area contributed by atoms with Gasteiger partial charge in [-0.1, -0.05) is 30.3 Å². The summed E-state index contributed by atoms with van der Waals surface area (Å²) in [6, 6.07) is 10.4. The minimum atomic E-state index is -2.79. The van der Waals surface area contributed by atoms with Crippen LogP contribution in [0.3, 0.4) is 0 Å². The van der Waals surface area contributed by atoms with Gasteiger partial charge in [0.1, 0.15) is 0 Å². The Bertz CT molecular complexity index is 473. The van der Waals surface area contributed by atoms with Crippen LogP contribution in [0.1, 0.15) is 12.0 Å². The minimum absolute atomic E-state index is 0.112. The lowest BCUT2D eigenvalue weighted by atomic mass is 10.1. The zero-order valence-corrected chi connectivity index (χ0v) is 12.0. The molecular formula is C14H22N2O2S. The van der Waals surface area contributed by atoms with E-state index in [4.69, 9.17) is 5.73 Å². The molecule has 5 heteroatoms. The number of aryl methyl sites for hydroxylation is 1. The molecule has 1 aromatic rings. The van der Waals surface area contributed by atoms with Crippen LogP contribution in [0.4, 0.5) is 0 Å². The van der Waals surface area contributed by atoms with Crippen LogP contribution in [0.5, 0.6) is 0 Å². The highest BCUT2D eigenvalue weighted by molar-refractivity contribution is 7.91. The number of rotatable bonds is 5. The standard InChI is InChI=1S/C14H22N2O2S/c15-14(7-6-13-4-2-1-3-5-13)12-16-8-10-19(17,18)11-9-16/h1-5,14H,6-12,15H2. The molecule has 19 heavy (non-hydrogen) atoms. The molecule has 4 nitrogen and oxygen atoms in total. The topological polar surface area (TPSA) is 63.4 Å². The summed E-state index contributed by atoms with van der Waals surface area (Å²) in [5, 5.41) is 0. The molecule has 1 aliphatic heterocycles. The molecular weight excluding hydrogens is 260 g/mol. The van der Waals surface area contributed by atoms with E-state index in [0.29, 0.717) is 13.1 Å². The van der Waals surface area contributed by atoms with E-state index in [1.54, 1.807) is 0 Å². The average molecular weight is 282 g/mol. The lowest BCUT2D eigenvalue weighted by Crippen LogP contribution is -2.45. The molecule has 0 saturated carbocycles. The first-order chi connectivity index (χ1) is 9.05. The maximum Gasteiger partial charge on any atom is 0.152 e. The zero-order valence-electron chi connectivity index (χ0n) is 11.2. The van der Waals surface area contributed by atoms with Crippen molar-refractivity contribution in [3.05, 3.63) is 35.9 Å². The van der Waals surface area contributed by atoms with Crippen molar-refractivity contribution < 1.29 is 8.42 Å². The predicted octanol–water partition coefficient (Wildman–Crippen LogP) is 0.677. The van der Waals surface area contributed by atoms with Crippen molar-refractivity contribution >= 4 is 9.84 Å². The minimum Gasteiger partial charge on any atom is -0.327 e. The van der Waals surface area contributed by atoms with E-state index < -0.39 is 9.84 Å². The highest BCUT2D eigenvalue weighted by atomic mass is 32.2. The maximum absolute atomic E-state index is 11.3. The number of hydrogen-bond acceptors (Lipinski definition) is 4. The van der Waals surface area contributed by atoms with Gasteiger partial charge < -0.3 is 5.73 Å². The van der Waals surface area contributed by atoms with Gasteiger partial charge in [-0.05, 0) is 18.4 Å². The predicted molar refractivity (Wildman–Crippen MR) is 77.8 cm³/mol. The highest BCUT2D eigenvalue weighted by Gasteiger charge is 2.22. The van der Waals surface area contributed by atoms with Crippen LogP contribution in [0, 0.1) is 0 Å². The van der Waals surface area contributed by atoms with Gasteiger partial charge in [-0.15, -0.1) is 0 Å². The highest BCUT2D eigenvalue weighted by Crippen LogP contribution is 2.08. The summed E-state index contributed by atoms with van der Waals surface area (Å²) in [4.78, 5) is 2.16. The van der Waals surface area contributed by atoms with Crippen molar-refractivity contribution in [1.29, 1.82) is 0 Å². The number of benzene rings is 1. The van der Waals surface area contributed by atoms with E-state index in [-0.39, 0.29) is 17.5 Å². The van der Waals surface area contributed by atoms with Crippen molar-refractivity contribution in [2.75, 3.05) is 31.1 Å². The fourth-order valence-corrected chi connectivity index (χ4v) is 3.63. The fourth-order valence-electron chi connectivity index (χ4n) is 2.35. The van der Waals surface area contributed by atoms with Crippen molar-refractivity contribution in [2.24, 2.45) is 5.73 Å². The number of sulfone groups is 1. The van der Waals surface area contributed by atoms with Crippen LogP contribution < -0.4 is 5.73 Å². The summed E-state index contributed by atoms with van der Waals surface area (Å²) in [5.74, 6) is 0.552. The molecule has 0 spiro atoms. The Morgan fingerprint density at radius 2 is 1.79 bits per heavy atom. The van der Waals surface area contributed by atoms with Gasteiger partial charge in [0.25, 0.3) is 0 Å². The van der Waals surface area contributed by atoms with E-state index in [0.717, 1.165) is 19.4 Å². The molecule has 1 fully saturated rings. The van der Waals surface area contributed by atoms with Gasteiger partial charge in [-0.2, -0.15) is 0 Å². The van der Waals surface area contributed by atoms with Crippen molar-refractivity contribution in [3.63, 3.8) is 0 Å². The second-order valence-corrected chi connectivity index (χ2v) is 7.54. The molecule has 1 unspecified atom stereocenters. The molecule has 1 atom stereocenters. The summed E-state index contributed by atoms with van der Waals surface area (Å²) >= 11 is 0. The van der Waals surface area contributed by atoms with Crippen molar-refractivity contribution in [3.8, 4) is 0 Å². The number of nitrogens with zero attached hydrogens (tertiary/aromatic N) is 1. The SMILES string of the molecule is NC(CCc1ccccc1)CN1CCS(=O)(=O)CC1. The maximum atomic E-state index is 11.3. The van der Waals surface area contributed by atoms with Crippen LogP contribution in [0.2, 0.25) is 0 Å². The molecule has 1 aromatic carbocycles. The van der Waals surface area contributed by atoms with Gasteiger partial charge in [-0.25, -0.2) is 8.42 Å². The first-order valence-corrected chi connectivity index (χ1v) is 8.59. The van der Waals surface area contributed by atoms with Gasteiger partial charge >= 0.3 is 0 Å². The molecule has 1 heterocycles. The summed E-state index contributed by atoms with van der Waals surface area (Å²) < 4.78 is 22.7.